The van der Waals surface area contributed by atoms with Crippen LogP contribution in [0.25, 0.3) is 0 Å². The number of hydrogen-bond donors (Lipinski definition) is 0. The van der Waals surface area contributed by atoms with Crippen molar-refractivity contribution < 1.29 is 13.2 Å². The molecule has 4 aromatic rings. The molecule has 5 nitrogen and oxygen atoms in total. The van der Waals surface area contributed by atoms with E-state index < -0.39 is 10.0 Å². The molecule has 1 heterocycles. The third-order valence-electron chi connectivity index (χ3n) is 6.65. The zero-order valence-electron chi connectivity index (χ0n) is 20.5. The van der Waals surface area contributed by atoms with Crippen molar-refractivity contribution in [3.8, 4) is 0 Å². The third kappa shape index (κ3) is 5.13. The molecule has 5 rings (SSSR count). The number of para-hydroxylation sites is 1. The molecule has 0 saturated carbocycles. The minimum atomic E-state index is -3.87. The number of carbonyl (C=O) groups is 1. The largest absolute Gasteiger partial charge is 0.308 e. The zero-order valence-corrected chi connectivity index (χ0v) is 22.0. The second-order valence-corrected chi connectivity index (χ2v) is 11.4. The maximum atomic E-state index is 13.7. The number of nitrogens with zero attached hydrogens (tertiary/aromatic N) is 2. The van der Waals surface area contributed by atoms with Gasteiger partial charge in [-0.05, 0) is 78.9 Å². The van der Waals surface area contributed by atoms with Crippen molar-refractivity contribution in [3.63, 3.8) is 0 Å². The summed E-state index contributed by atoms with van der Waals surface area (Å²) in [5.41, 5.74) is 4.77. The van der Waals surface area contributed by atoms with Gasteiger partial charge in [-0.2, -0.15) is 0 Å². The fourth-order valence-electron chi connectivity index (χ4n) is 4.69. The smallest absolute Gasteiger partial charge is 0.264 e. The van der Waals surface area contributed by atoms with Crippen LogP contribution in [0.1, 0.15) is 33.5 Å². The number of hydrogen-bond acceptors (Lipinski definition) is 3. The summed E-state index contributed by atoms with van der Waals surface area (Å²) in [5, 5.41) is 0.455. The zero-order chi connectivity index (χ0) is 26.0. The van der Waals surface area contributed by atoms with Crippen molar-refractivity contribution in [2.24, 2.45) is 0 Å². The maximum Gasteiger partial charge on any atom is 0.264 e. The fourth-order valence-corrected chi connectivity index (χ4v) is 6.39. The molecule has 0 aromatic heterocycles. The Kier molecular flexibility index (Phi) is 7.04. The van der Waals surface area contributed by atoms with Crippen molar-refractivity contribution >= 4 is 38.9 Å². The number of anilines is 2. The van der Waals surface area contributed by atoms with Crippen LogP contribution in [0.5, 0.6) is 0 Å². The van der Waals surface area contributed by atoms with E-state index in [1.54, 1.807) is 54.6 Å². The number of fused-ring (bicyclic) bond motifs is 1. The van der Waals surface area contributed by atoms with Gasteiger partial charge in [-0.3, -0.25) is 9.10 Å². The average molecular weight is 531 g/mol. The number of sulfonamides is 1. The number of halogens is 1. The van der Waals surface area contributed by atoms with Crippen LogP contribution in [0.15, 0.2) is 102 Å². The standard InChI is InChI=1S/C30H27ClN2O3S/c1-22-13-18-26(31)20-29(22)33(37(35,36)27-10-3-2-4-11-27)21-23-14-16-25(17-15-23)30(34)32-19-7-9-24-8-5-6-12-28(24)32/h2-6,8,10-18,20H,7,9,19,21H2,1H3. The van der Waals surface area contributed by atoms with Crippen LogP contribution in [-0.4, -0.2) is 20.9 Å². The van der Waals surface area contributed by atoms with Gasteiger partial charge in [0, 0.05) is 22.8 Å². The van der Waals surface area contributed by atoms with Crippen molar-refractivity contribution in [3.05, 3.63) is 124 Å². The molecule has 188 valence electrons. The van der Waals surface area contributed by atoms with Gasteiger partial charge in [0.2, 0.25) is 0 Å². The summed E-state index contributed by atoms with van der Waals surface area (Å²) in [6, 6.07) is 28.8. The van der Waals surface area contributed by atoms with Gasteiger partial charge in [0.15, 0.2) is 0 Å². The Labute approximate surface area is 223 Å². The molecule has 1 aliphatic heterocycles. The van der Waals surface area contributed by atoms with Crippen molar-refractivity contribution in [2.45, 2.75) is 31.2 Å². The summed E-state index contributed by atoms with van der Waals surface area (Å²) < 4.78 is 28.8. The van der Waals surface area contributed by atoms with Crippen LogP contribution >= 0.6 is 11.6 Å². The number of carbonyl (C=O) groups excluding carboxylic acids is 1. The first-order chi connectivity index (χ1) is 17.8. The highest BCUT2D eigenvalue weighted by molar-refractivity contribution is 7.92. The van der Waals surface area contributed by atoms with Gasteiger partial charge in [0.1, 0.15) is 0 Å². The monoisotopic (exact) mass is 530 g/mol. The van der Waals surface area contributed by atoms with E-state index in [1.165, 1.54) is 9.87 Å². The molecule has 7 heteroatoms. The molecule has 0 atom stereocenters. The number of amides is 1. The fraction of sp³-hybridized carbons (Fsp3) is 0.167. The second kappa shape index (κ2) is 10.4. The summed E-state index contributed by atoms with van der Waals surface area (Å²) in [7, 11) is -3.87. The molecular weight excluding hydrogens is 504 g/mol. The van der Waals surface area contributed by atoms with E-state index in [0.29, 0.717) is 22.8 Å². The molecule has 1 aliphatic rings. The van der Waals surface area contributed by atoms with Crippen molar-refractivity contribution in [2.75, 3.05) is 15.7 Å². The molecule has 4 aromatic carbocycles. The van der Waals surface area contributed by atoms with E-state index in [0.717, 1.165) is 29.7 Å². The molecular formula is C30H27ClN2O3S. The molecule has 0 unspecified atom stereocenters. The van der Waals surface area contributed by atoms with Gasteiger partial charge in [0.05, 0.1) is 17.1 Å². The van der Waals surface area contributed by atoms with E-state index in [1.807, 2.05) is 48.2 Å². The molecule has 0 N–H and O–H groups in total. The highest BCUT2D eigenvalue weighted by Gasteiger charge is 2.27. The molecule has 0 aliphatic carbocycles. The minimum absolute atomic E-state index is 0.0573. The lowest BCUT2D eigenvalue weighted by Gasteiger charge is -2.29. The Hall–Kier alpha value is -3.61. The first kappa shape index (κ1) is 25.1. The average Bonchev–Trinajstić information content (AvgIpc) is 2.93. The Bertz CT molecular complexity index is 1540. The lowest BCUT2D eigenvalue weighted by Crippen LogP contribution is -2.35. The van der Waals surface area contributed by atoms with Crippen LogP contribution in [-0.2, 0) is 23.0 Å². The number of benzene rings is 4. The lowest BCUT2D eigenvalue weighted by molar-refractivity contribution is 0.0985. The quantitative estimate of drug-likeness (QED) is 0.281. The number of aryl methyl sites for hydroxylation is 2. The molecule has 1 amide bonds. The van der Waals surface area contributed by atoms with Crippen LogP contribution in [0.4, 0.5) is 11.4 Å². The van der Waals surface area contributed by atoms with E-state index in [4.69, 9.17) is 11.6 Å². The summed E-state index contributed by atoms with van der Waals surface area (Å²) >= 11 is 6.26. The van der Waals surface area contributed by atoms with Crippen LogP contribution in [0.3, 0.4) is 0 Å². The van der Waals surface area contributed by atoms with E-state index >= 15 is 0 Å². The molecule has 0 saturated heterocycles. The minimum Gasteiger partial charge on any atom is -0.308 e. The Morgan fingerprint density at radius 3 is 2.38 bits per heavy atom. The van der Waals surface area contributed by atoms with Crippen molar-refractivity contribution in [1.82, 2.24) is 0 Å². The summed E-state index contributed by atoms with van der Waals surface area (Å²) in [5.74, 6) is -0.0573. The van der Waals surface area contributed by atoms with Gasteiger partial charge in [-0.25, -0.2) is 8.42 Å². The van der Waals surface area contributed by atoms with Gasteiger partial charge in [0.25, 0.3) is 15.9 Å². The summed E-state index contributed by atoms with van der Waals surface area (Å²) in [4.78, 5) is 15.4. The lowest BCUT2D eigenvalue weighted by atomic mass is 10.0. The Morgan fingerprint density at radius 2 is 1.62 bits per heavy atom. The summed E-state index contributed by atoms with van der Waals surface area (Å²) in [6.07, 6.45) is 1.89. The van der Waals surface area contributed by atoms with Crippen molar-refractivity contribution in [1.29, 1.82) is 0 Å². The van der Waals surface area contributed by atoms with Crippen LogP contribution < -0.4 is 9.21 Å². The molecule has 0 spiro atoms. The van der Waals surface area contributed by atoms with Crippen LogP contribution in [0.2, 0.25) is 5.02 Å². The van der Waals surface area contributed by atoms with Gasteiger partial charge < -0.3 is 4.90 Å². The second-order valence-electron chi connectivity index (χ2n) is 9.14. The molecule has 37 heavy (non-hydrogen) atoms. The highest BCUT2D eigenvalue weighted by Crippen LogP contribution is 2.32. The van der Waals surface area contributed by atoms with E-state index in [2.05, 4.69) is 6.07 Å². The third-order valence-corrected chi connectivity index (χ3v) is 8.66. The van der Waals surface area contributed by atoms with Crippen LogP contribution in [0, 0.1) is 6.92 Å². The topological polar surface area (TPSA) is 57.7 Å². The predicted octanol–water partition coefficient (Wildman–Crippen LogP) is 6.64. The normalized spacial score (nSPS) is 13.2. The predicted molar refractivity (Wildman–Crippen MR) is 149 cm³/mol. The maximum absolute atomic E-state index is 13.7. The SMILES string of the molecule is Cc1ccc(Cl)cc1N(Cc1ccc(C(=O)N2CCCc3ccccc32)cc1)S(=O)(=O)c1ccccc1. The molecule has 0 radical (unpaired) electrons. The van der Waals surface area contributed by atoms with Gasteiger partial charge in [-0.15, -0.1) is 0 Å². The Morgan fingerprint density at radius 1 is 0.919 bits per heavy atom. The summed E-state index contributed by atoms with van der Waals surface area (Å²) in [6.45, 7) is 2.63. The molecule has 0 fully saturated rings. The molecule has 0 bridgehead atoms. The van der Waals surface area contributed by atoms with E-state index in [9.17, 15) is 13.2 Å². The Balaban J connectivity index is 1.46. The van der Waals surface area contributed by atoms with Gasteiger partial charge in [-0.1, -0.05) is 66.2 Å². The first-order valence-electron chi connectivity index (χ1n) is 12.2. The first-order valence-corrected chi connectivity index (χ1v) is 14.0. The van der Waals surface area contributed by atoms with E-state index in [-0.39, 0.29) is 17.3 Å². The highest BCUT2D eigenvalue weighted by atomic mass is 35.5. The van der Waals surface area contributed by atoms with Gasteiger partial charge >= 0.3 is 0 Å². The number of rotatable bonds is 6.